The predicted molar refractivity (Wildman–Crippen MR) is 146 cm³/mol. The van der Waals surface area contributed by atoms with E-state index in [4.69, 9.17) is 4.74 Å². The number of esters is 1. The number of aliphatic hydroxyl groups is 1. The van der Waals surface area contributed by atoms with Gasteiger partial charge in [-0.05, 0) is 30.4 Å². The summed E-state index contributed by atoms with van der Waals surface area (Å²) in [6.45, 7) is -0.0951. The number of carbonyl (C=O) groups excluding carboxylic acids is 3. The van der Waals surface area contributed by atoms with Crippen LogP contribution in [0.15, 0.2) is 72.8 Å². The summed E-state index contributed by atoms with van der Waals surface area (Å²) in [5, 5.41) is 15.7. The lowest BCUT2D eigenvalue weighted by Crippen LogP contribution is -2.45. The molecule has 0 unspecified atom stereocenters. The van der Waals surface area contributed by atoms with E-state index in [0.29, 0.717) is 25.0 Å². The lowest BCUT2D eigenvalue weighted by Gasteiger charge is -2.23. The Kier molecular flexibility index (Phi) is 12.2. The molecule has 0 spiro atoms. The van der Waals surface area contributed by atoms with Crippen molar-refractivity contribution in [3.05, 3.63) is 83.9 Å². The fourth-order valence-electron chi connectivity index (χ4n) is 4.04. The quantitative estimate of drug-likeness (QED) is 0.325. The lowest BCUT2D eigenvalue weighted by molar-refractivity contribution is -0.145. The number of ether oxygens (including phenoxy) is 1. The average molecular weight is 525 g/mol. The second kappa shape index (κ2) is 15.9. The highest BCUT2D eigenvalue weighted by Gasteiger charge is 2.25. The maximum absolute atomic E-state index is 13.2. The largest absolute Gasteiger partial charge is 0.463 e. The minimum atomic E-state index is -0.566. The number of amides is 2. The minimum Gasteiger partial charge on any atom is -0.463 e. The molecule has 0 bridgehead atoms. The highest BCUT2D eigenvalue weighted by Crippen LogP contribution is 2.16. The van der Waals surface area contributed by atoms with Crippen LogP contribution in [0.25, 0.3) is 0 Å². The van der Waals surface area contributed by atoms with Gasteiger partial charge in [0.25, 0.3) is 0 Å². The van der Waals surface area contributed by atoms with Crippen LogP contribution >= 0.6 is 11.8 Å². The molecule has 1 aliphatic heterocycles. The number of hydrogen-bond donors (Lipinski definition) is 3. The van der Waals surface area contributed by atoms with Gasteiger partial charge in [-0.15, -0.1) is 0 Å². The molecule has 2 aromatic rings. The van der Waals surface area contributed by atoms with Crippen LogP contribution in [0.3, 0.4) is 0 Å². The molecule has 0 saturated heterocycles. The van der Waals surface area contributed by atoms with Crippen molar-refractivity contribution in [2.45, 2.75) is 49.9 Å². The molecule has 0 aliphatic carbocycles. The molecule has 3 N–H and O–H groups in total. The zero-order chi connectivity index (χ0) is 26.3. The SMILES string of the molecule is O=C(C[C@H]1CC=CCCC(=O)OC[C@H](CSCc2ccccc2)NC1=O)N[C@@H](CO)Cc1ccccc1. The Morgan fingerprint density at radius 2 is 1.76 bits per heavy atom. The van der Waals surface area contributed by atoms with Crippen molar-refractivity contribution in [2.24, 2.45) is 5.92 Å². The Bertz CT molecular complexity index is 1020. The molecule has 2 aromatic carbocycles. The number of hydrogen-bond acceptors (Lipinski definition) is 6. The molecule has 0 aromatic heterocycles. The topological polar surface area (TPSA) is 105 Å². The third kappa shape index (κ3) is 10.8. The van der Waals surface area contributed by atoms with E-state index in [0.717, 1.165) is 11.3 Å². The zero-order valence-corrected chi connectivity index (χ0v) is 21.8. The smallest absolute Gasteiger partial charge is 0.306 e. The first-order valence-corrected chi connectivity index (χ1v) is 13.9. The monoisotopic (exact) mass is 524 g/mol. The first-order chi connectivity index (χ1) is 18.0. The Hall–Kier alpha value is -3.10. The Morgan fingerprint density at radius 3 is 2.46 bits per heavy atom. The summed E-state index contributed by atoms with van der Waals surface area (Å²) < 4.78 is 5.41. The van der Waals surface area contributed by atoms with Gasteiger partial charge in [-0.1, -0.05) is 72.8 Å². The zero-order valence-electron chi connectivity index (χ0n) is 21.0. The van der Waals surface area contributed by atoms with Gasteiger partial charge in [0.2, 0.25) is 11.8 Å². The van der Waals surface area contributed by atoms with E-state index in [1.165, 1.54) is 5.56 Å². The Morgan fingerprint density at radius 1 is 1.05 bits per heavy atom. The van der Waals surface area contributed by atoms with Crippen molar-refractivity contribution in [3.63, 3.8) is 0 Å². The maximum Gasteiger partial charge on any atom is 0.306 e. The number of cyclic esters (lactones) is 1. The molecule has 3 atom stereocenters. The third-order valence-electron chi connectivity index (χ3n) is 6.04. The molecule has 2 amide bonds. The number of aliphatic hydroxyl groups excluding tert-OH is 1. The number of allylic oxidation sites excluding steroid dienone is 2. The van der Waals surface area contributed by atoms with Crippen LogP contribution in [0, 0.1) is 5.92 Å². The van der Waals surface area contributed by atoms with Crippen molar-refractivity contribution in [3.8, 4) is 0 Å². The molecule has 198 valence electrons. The van der Waals surface area contributed by atoms with E-state index >= 15 is 0 Å². The molecule has 8 heteroatoms. The highest BCUT2D eigenvalue weighted by atomic mass is 32.2. The van der Waals surface area contributed by atoms with Crippen molar-refractivity contribution in [2.75, 3.05) is 19.0 Å². The van der Waals surface area contributed by atoms with E-state index in [1.54, 1.807) is 11.8 Å². The van der Waals surface area contributed by atoms with Crippen molar-refractivity contribution in [1.29, 1.82) is 0 Å². The summed E-state index contributed by atoms with van der Waals surface area (Å²) in [5.41, 5.74) is 2.19. The van der Waals surface area contributed by atoms with E-state index in [9.17, 15) is 19.5 Å². The van der Waals surface area contributed by atoms with E-state index in [2.05, 4.69) is 10.6 Å². The van der Waals surface area contributed by atoms with Crippen molar-refractivity contribution in [1.82, 2.24) is 10.6 Å². The van der Waals surface area contributed by atoms with E-state index < -0.39 is 12.0 Å². The summed E-state index contributed by atoms with van der Waals surface area (Å²) in [7, 11) is 0. The molecule has 1 aliphatic rings. The molecular formula is C29H36N2O5S. The van der Waals surface area contributed by atoms with Gasteiger partial charge in [0.1, 0.15) is 6.61 Å². The minimum absolute atomic E-state index is 0.00509. The molecular weight excluding hydrogens is 488 g/mol. The van der Waals surface area contributed by atoms with Crippen molar-refractivity contribution >= 4 is 29.5 Å². The molecule has 0 saturated carbocycles. The number of rotatable bonds is 10. The number of thioether (sulfide) groups is 1. The van der Waals surface area contributed by atoms with Crippen molar-refractivity contribution < 1.29 is 24.2 Å². The molecule has 3 rings (SSSR count). The highest BCUT2D eigenvalue weighted by molar-refractivity contribution is 7.98. The van der Waals surface area contributed by atoms with Crippen LogP contribution in [0.5, 0.6) is 0 Å². The van der Waals surface area contributed by atoms with Gasteiger partial charge in [0.15, 0.2) is 0 Å². The first-order valence-electron chi connectivity index (χ1n) is 12.7. The summed E-state index contributed by atoms with van der Waals surface area (Å²) in [5.74, 6) is -0.0279. The maximum atomic E-state index is 13.2. The first kappa shape index (κ1) is 28.5. The molecule has 0 fully saturated rings. The second-order valence-corrected chi connectivity index (χ2v) is 10.2. The Balaban J connectivity index is 1.60. The second-order valence-electron chi connectivity index (χ2n) is 9.17. The normalized spacial score (nSPS) is 19.6. The number of nitrogens with one attached hydrogen (secondary N) is 2. The van der Waals surface area contributed by atoms with Gasteiger partial charge in [-0.25, -0.2) is 0 Å². The van der Waals surface area contributed by atoms with Gasteiger partial charge < -0.3 is 20.5 Å². The molecule has 37 heavy (non-hydrogen) atoms. The standard InChI is InChI=1S/C29H36N2O5S/c32-18-25(16-22-10-4-1-5-11-22)30-27(33)17-24-14-8-3-9-15-28(34)36-19-26(31-29(24)35)21-37-20-23-12-6-2-7-13-23/h1-8,10-13,24-26,32H,9,14-21H2,(H,30,33)(H,31,35)/t24-,25-,26-/m1/s1. The fraction of sp³-hybridized carbons (Fsp3) is 0.414. The lowest BCUT2D eigenvalue weighted by atomic mass is 9.98. The summed E-state index contributed by atoms with van der Waals surface area (Å²) in [6, 6.07) is 18.9. The van der Waals surface area contributed by atoms with Gasteiger partial charge >= 0.3 is 5.97 Å². The van der Waals surface area contributed by atoms with Crippen LogP contribution in [0.4, 0.5) is 0 Å². The van der Waals surface area contributed by atoms with Crippen LogP contribution in [0.2, 0.25) is 0 Å². The summed E-state index contributed by atoms with van der Waals surface area (Å²) in [6.07, 6.45) is 5.39. The van der Waals surface area contributed by atoms with Crippen LogP contribution in [-0.2, 0) is 31.3 Å². The van der Waals surface area contributed by atoms with E-state index in [1.807, 2.05) is 72.8 Å². The number of benzene rings is 2. The molecule has 7 nitrogen and oxygen atoms in total. The number of carbonyl (C=O) groups is 3. The fourth-order valence-corrected chi connectivity index (χ4v) is 5.05. The summed E-state index contributed by atoms with van der Waals surface area (Å²) in [4.78, 5) is 38.1. The molecule has 1 heterocycles. The third-order valence-corrected chi connectivity index (χ3v) is 7.21. The van der Waals surface area contributed by atoms with Gasteiger partial charge in [0, 0.05) is 24.3 Å². The van der Waals surface area contributed by atoms with Crippen LogP contribution < -0.4 is 10.6 Å². The Labute approximate surface area is 223 Å². The molecule has 0 radical (unpaired) electrons. The van der Waals surface area contributed by atoms with Crippen LogP contribution in [-0.4, -0.2) is 53.9 Å². The predicted octanol–water partition coefficient (Wildman–Crippen LogP) is 3.41. The van der Waals surface area contributed by atoms with Crippen LogP contribution in [0.1, 0.15) is 36.8 Å². The van der Waals surface area contributed by atoms with E-state index in [-0.39, 0.29) is 49.9 Å². The summed E-state index contributed by atoms with van der Waals surface area (Å²) >= 11 is 1.65. The van der Waals surface area contributed by atoms with Gasteiger partial charge in [-0.3, -0.25) is 14.4 Å². The average Bonchev–Trinajstić information content (AvgIpc) is 2.90. The van der Waals surface area contributed by atoms with Gasteiger partial charge in [0.05, 0.1) is 24.6 Å². The van der Waals surface area contributed by atoms with Gasteiger partial charge in [-0.2, -0.15) is 11.8 Å².